The monoisotopic (exact) mass is 347 g/mol. The first-order chi connectivity index (χ1) is 11.8. The summed E-state index contributed by atoms with van der Waals surface area (Å²) in [7, 11) is 0. The quantitative estimate of drug-likeness (QED) is 0.704. The first-order valence-electron chi connectivity index (χ1n) is 9.55. The average molecular weight is 347 g/mol. The summed E-state index contributed by atoms with van der Waals surface area (Å²) >= 11 is 0. The Bertz CT molecular complexity index is 622. The summed E-state index contributed by atoms with van der Waals surface area (Å²) in [5, 5.41) is 13.5. The van der Waals surface area contributed by atoms with E-state index in [-0.39, 0.29) is 24.5 Å². The molecule has 2 aliphatic rings. The maximum Gasteiger partial charge on any atom is 0.304 e. The van der Waals surface area contributed by atoms with Crippen LogP contribution in [0.5, 0.6) is 0 Å². The van der Waals surface area contributed by atoms with Crippen LogP contribution in [0.3, 0.4) is 0 Å². The van der Waals surface area contributed by atoms with Crippen molar-refractivity contribution < 1.29 is 19.2 Å². The van der Waals surface area contributed by atoms with Crippen LogP contribution in [0.4, 0.5) is 0 Å². The summed E-state index contributed by atoms with van der Waals surface area (Å²) in [5.74, 6) is 2.07. The molecule has 1 unspecified atom stereocenters. The van der Waals surface area contributed by atoms with Crippen molar-refractivity contribution >= 4 is 11.8 Å². The van der Waals surface area contributed by atoms with Gasteiger partial charge in [0.25, 0.3) is 0 Å². The molecular weight excluding hydrogens is 318 g/mol. The average Bonchev–Trinajstić information content (AvgIpc) is 3.20. The second kappa shape index (κ2) is 7.30. The van der Waals surface area contributed by atoms with Gasteiger partial charge in [-0.25, -0.2) is 0 Å². The van der Waals surface area contributed by atoms with E-state index >= 15 is 0 Å². The van der Waals surface area contributed by atoms with Crippen molar-refractivity contribution in [3.8, 4) is 0 Å². The Labute approximate surface area is 149 Å². The van der Waals surface area contributed by atoms with E-state index in [0.29, 0.717) is 11.8 Å². The molecule has 1 aromatic rings. The van der Waals surface area contributed by atoms with Gasteiger partial charge in [-0.2, -0.15) is 0 Å². The van der Waals surface area contributed by atoms with Gasteiger partial charge in [-0.3, -0.25) is 4.79 Å². The third-order valence-corrected chi connectivity index (χ3v) is 5.52. The summed E-state index contributed by atoms with van der Waals surface area (Å²) in [6.45, 7) is 6.02. The molecule has 138 valence electrons. The van der Waals surface area contributed by atoms with Crippen molar-refractivity contribution in [2.45, 2.75) is 83.5 Å². The number of aromatic nitrogens is 1. The van der Waals surface area contributed by atoms with E-state index in [4.69, 9.17) is 4.52 Å². The molecule has 0 aromatic carbocycles. The molecule has 5 nitrogen and oxygen atoms in total. The third-order valence-electron chi connectivity index (χ3n) is 5.52. The van der Waals surface area contributed by atoms with E-state index in [1.165, 1.54) is 13.3 Å². The fraction of sp³-hybridized carbons (Fsp3) is 0.750. The minimum atomic E-state index is -0.891. The van der Waals surface area contributed by atoms with E-state index < -0.39 is 5.97 Å². The number of aliphatic carboxylic acids is 1. The molecule has 2 fully saturated rings. The molecule has 1 aromatic heterocycles. The fourth-order valence-corrected chi connectivity index (χ4v) is 4.33. The molecule has 1 heterocycles. The molecule has 1 N–H and O–H groups in total. The summed E-state index contributed by atoms with van der Waals surface area (Å²) in [5.41, 5.74) is 1.88. The Kier molecular flexibility index (Phi) is 5.30. The van der Waals surface area contributed by atoms with Gasteiger partial charge in [-0.05, 0) is 56.8 Å². The number of carboxylic acids is 1. The molecule has 2 aliphatic carbocycles. The molecular formula is C20H29NO4. The largest absolute Gasteiger partial charge is 0.481 e. The van der Waals surface area contributed by atoms with Crippen LogP contribution < -0.4 is 0 Å². The Morgan fingerprint density at radius 2 is 1.88 bits per heavy atom. The van der Waals surface area contributed by atoms with Crippen LogP contribution in [-0.4, -0.2) is 22.0 Å². The number of hydrogen-bond donors (Lipinski definition) is 1. The predicted molar refractivity (Wildman–Crippen MR) is 93.7 cm³/mol. The van der Waals surface area contributed by atoms with Gasteiger partial charge in [-0.15, -0.1) is 0 Å². The van der Waals surface area contributed by atoms with Gasteiger partial charge in [0.15, 0.2) is 0 Å². The highest BCUT2D eigenvalue weighted by molar-refractivity contribution is 5.78. The van der Waals surface area contributed by atoms with E-state index in [0.717, 1.165) is 54.5 Å². The van der Waals surface area contributed by atoms with Crippen molar-refractivity contribution in [1.29, 1.82) is 0 Å². The highest BCUT2D eigenvalue weighted by atomic mass is 16.5. The summed E-state index contributed by atoms with van der Waals surface area (Å²) < 4.78 is 5.74. The maximum atomic E-state index is 11.6. The minimum absolute atomic E-state index is 0.00168. The Balaban J connectivity index is 1.80. The van der Waals surface area contributed by atoms with Crippen molar-refractivity contribution in [3.63, 3.8) is 0 Å². The van der Waals surface area contributed by atoms with Crippen molar-refractivity contribution in [1.82, 2.24) is 5.16 Å². The molecule has 5 heteroatoms. The van der Waals surface area contributed by atoms with E-state index in [1.54, 1.807) is 0 Å². The summed E-state index contributed by atoms with van der Waals surface area (Å²) in [6.07, 6.45) is 5.92. The number of ketones is 1. The van der Waals surface area contributed by atoms with Crippen molar-refractivity contribution in [2.24, 2.45) is 11.8 Å². The van der Waals surface area contributed by atoms with Gasteiger partial charge in [0.05, 0.1) is 12.1 Å². The summed E-state index contributed by atoms with van der Waals surface area (Å²) in [6, 6.07) is 0. The minimum Gasteiger partial charge on any atom is -0.481 e. The maximum absolute atomic E-state index is 11.6. The Morgan fingerprint density at radius 3 is 2.40 bits per heavy atom. The SMILES string of the molecule is CC(=O)CC(CC(=O)O)c1noc(C2CC(CC(C)C)C2)c1C1CC1. The molecule has 0 spiro atoms. The van der Waals surface area contributed by atoms with Gasteiger partial charge in [-0.1, -0.05) is 19.0 Å². The first-order valence-corrected chi connectivity index (χ1v) is 9.55. The number of carboxylic acid groups (broad SMARTS) is 1. The number of carbonyl (C=O) groups excluding carboxylic acids is 1. The van der Waals surface area contributed by atoms with Crippen LogP contribution in [0.1, 0.15) is 100 Å². The molecule has 0 aliphatic heterocycles. The third kappa shape index (κ3) is 4.31. The molecule has 0 amide bonds. The Morgan fingerprint density at radius 1 is 1.20 bits per heavy atom. The fourth-order valence-electron chi connectivity index (χ4n) is 4.33. The zero-order valence-electron chi connectivity index (χ0n) is 15.5. The van der Waals surface area contributed by atoms with E-state index in [2.05, 4.69) is 19.0 Å². The molecule has 1 atom stereocenters. The van der Waals surface area contributed by atoms with Crippen LogP contribution in [-0.2, 0) is 9.59 Å². The molecule has 0 bridgehead atoms. The van der Waals surface area contributed by atoms with Crippen LogP contribution >= 0.6 is 0 Å². The molecule has 25 heavy (non-hydrogen) atoms. The smallest absolute Gasteiger partial charge is 0.304 e. The van der Waals surface area contributed by atoms with Crippen LogP contribution in [0.15, 0.2) is 4.52 Å². The topological polar surface area (TPSA) is 80.4 Å². The van der Waals surface area contributed by atoms with E-state index in [1.807, 2.05) is 0 Å². The van der Waals surface area contributed by atoms with Gasteiger partial charge >= 0.3 is 5.97 Å². The van der Waals surface area contributed by atoms with E-state index in [9.17, 15) is 14.7 Å². The number of Topliss-reactive ketones (excluding diaryl/α,β-unsaturated/α-hetero) is 1. The lowest BCUT2D eigenvalue weighted by Gasteiger charge is -2.35. The second-order valence-corrected chi connectivity index (χ2v) is 8.48. The molecule has 0 radical (unpaired) electrons. The highest BCUT2D eigenvalue weighted by Gasteiger charge is 2.41. The van der Waals surface area contributed by atoms with Crippen molar-refractivity contribution in [3.05, 3.63) is 17.0 Å². The predicted octanol–water partition coefficient (Wildman–Crippen LogP) is 4.63. The lowest BCUT2D eigenvalue weighted by molar-refractivity contribution is -0.137. The zero-order valence-corrected chi connectivity index (χ0v) is 15.5. The molecule has 3 rings (SSSR count). The Hall–Kier alpha value is -1.65. The normalized spacial score (nSPS) is 24.2. The summed E-state index contributed by atoms with van der Waals surface area (Å²) in [4.78, 5) is 22.9. The lowest BCUT2D eigenvalue weighted by Crippen LogP contribution is -2.23. The zero-order chi connectivity index (χ0) is 18.1. The first kappa shape index (κ1) is 18.2. The standard InChI is InChI=1S/C20H29NO4/c1-11(2)6-13-8-16(9-13)20-18(14-4-5-14)19(21-25-20)15(7-12(3)22)10-17(23)24/h11,13-16H,4-10H2,1-3H3,(H,23,24). The molecule has 2 saturated carbocycles. The second-order valence-electron chi connectivity index (χ2n) is 8.48. The number of rotatable bonds is 9. The van der Waals surface area contributed by atoms with Gasteiger partial charge < -0.3 is 14.4 Å². The van der Waals surface area contributed by atoms with Crippen LogP contribution in [0.25, 0.3) is 0 Å². The number of nitrogens with zero attached hydrogens (tertiary/aromatic N) is 1. The van der Waals surface area contributed by atoms with Gasteiger partial charge in [0.1, 0.15) is 11.5 Å². The number of carbonyl (C=O) groups is 2. The lowest BCUT2D eigenvalue weighted by atomic mass is 9.69. The highest BCUT2D eigenvalue weighted by Crippen LogP contribution is 2.52. The van der Waals surface area contributed by atoms with Crippen LogP contribution in [0, 0.1) is 11.8 Å². The van der Waals surface area contributed by atoms with Gasteiger partial charge in [0, 0.05) is 23.8 Å². The van der Waals surface area contributed by atoms with Crippen molar-refractivity contribution in [2.75, 3.05) is 0 Å². The number of hydrogen-bond acceptors (Lipinski definition) is 4. The van der Waals surface area contributed by atoms with Gasteiger partial charge in [0.2, 0.25) is 0 Å². The van der Waals surface area contributed by atoms with Crippen LogP contribution in [0.2, 0.25) is 0 Å². The molecule has 0 saturated heterocycles.